The largest absolute Gasteiger partial charge is 0.508 e. The van der Waals surface area contributed by atoms with Gasteiger partial charge in [-0.15, -0.1) is 0 Å². The smallest absolute Gasteiger partial charge is 0.322 e. The van der Waals surface area contributed by atoms with Crippen molar-refractivity contribution in [2.45, 2.75) is 58.7 Å². The fourth-order valence-electron chi connectivity index (χ4n) is 2.91. The molecule has 3 amide bonds. The maximum atomic E-state index is 13.1. The van der Waals surface area contributed by atoms with E-state index in [-0.39, 0.29) is 30.4 Å². The number of carboxylic acid groups (broad SMARTS) is 1. The molecule has 3 unspecified atom stereocenters. The lowest BCUT2D eigenvalue weighted by Gasteiger charge is -2.25. The molecule has 0 fully saturated rings. The minimum absolute atomic E-state index is 0.0374. The Morgan fingerprint density at radius 1 is 0.906 bits per heavy atom. The van der Waals surface area contributed by atoms with Gasteiger partial charge in [0.15, 0.2) is 0 Å². The highest BCUT2D eigenvalue weighted by Crippen LogP contribution is 2.13. The van der Waals surface area contributed by atoms with Crippen molar-refractivity contribution in [3.8, 4) is 5.75 Å². The first-order chi connectivity index (χ1) is 14.9. The number of carboxylic acids is 1. The van der Waals surface area contributed by atoms with Crippen molar-refractivity contribution in [3.63, 3.8) is 0 Å². The zero-order chi connectivity index (χ0) is 24.4. The molecule has 10 heteroatoms. The van der Waals surface area contributed by atoms with Crippen LogP contribution in [0.15, 0.2) is 24.3 Å². The molecule has 0 saturated heterocycles. The van der Waals surface area contributed by atoms with E-state index in [1.54, 1.807) is 26.0 Å². The number of nitrogens with one attached hydrogen (secondary N) is 3. The lowest BCUT2D eigenvalue weighted by atomic mass is 10.00. The van der Waals surface area contributed by atoms with E-state index in [1.165, 1.54) is 12.1 Å². The SMILES string of the molecule is CC(C)CC(NC(=O)C(Cc1ccc(O)cc1)NC(=O)C(N)C(C)C)C(=O)NCC(=O)O. The number of rotatable bonds is 12. The second kappa shape index (κ2) is 12.7. The van der Waals surface area contributed by atoms with Crippen LogP contribution in [0.25, 0.3) is 0 Å². The zero-order valence-electron chi connectivity index (χ0n) is 18.9. The number of amides is 3. The number of phenols is 1. The summed E-state index contributed by atoms with van der Waals surface area (Å²) in [4.78, 5) is 48.8. The molecule has 3 atom stereocenters. The quantitative estimate of drug-likeness (QED) is 0.263. The molecule has 0 aliphatic heterocycles. The number of hydrogen-bond donors (Lipinski definition) is 6. The molecule has 0 aromatic heterocycles. The molecule has 1 aromatic carbocycles. The number of benzene rings is 1. The van der Waals surface area contributed by atoms with Crippen LogP contribution in [0, 0.1) is 11.8 Å². The Kier molecular flexibility index (Phi) is 10.6. The van der Waals surface area contributed by atoms with Crippen LogP contribution in [0.1, 0.15) is 39.7 Å². The van der Waals surface area contributed by atoms with E-state index in [9.17, 15) is 24.3 Å². The van der Waals surface area contributed by atoms with Crippen molar-refractivity contribution in [1.29, 1.82) is 0 Å². The molecule has 0 bridgehead atoms. The first-order valence-electron chi connectivity index (χ1n) is 10.5. The van der Waals surface area contributed by atoms with Gasteiger partial charge < -0.3 is 31.9 Å². The van der Waals surface area contributed by atoms with Crippen molar-refractivity contribution >= 4 is 23.7 Å². The summed E-state index contributed by atoms with van der Waals surface area (Å²) in [6.07, 6.45) is 0.385. The summed E-state index contributed by atoms with van der Waals surface area (Å²) >= 11 is 0. The molecular weight excluding hydrogens is 416 g/mol. The van der Waals surface area contributed by atoms with Gasteiger partial charge in [0, 0.05) is 6.42 Å². The fraction of sp³-hybridized carbons (Fsp3) is 0.545. The standard InChI is InChI=1S/C22H34N4O6/c1-12(2)9-16(20(30)24-11-18(28)29)25-21(31)17(26-22(32)19(23)13(3)4)10-14-5-7-15(27)8-6-14/h5-8,12-13,16-17,19,27H,9-11,23H2,1-4H3,(H,24,30)(H,25,31)(H,26,32)(H,28,29). The molecule has 178 valence electrons. The molecule has 0 saturated carbocycles. The first kappa shape index (κ1) is 26.9. The molecule has 1 aromatic rings. The fourth-order valence-corrected chi connectivity index (χ4v) is 2.91. The van der Waals surface area contributed by atoms with E-state index in [0.717, 1.165) is 0 Å². The van der Waals surface area contributed by atoms with Gasteiger partial charge in [0.05, 0.1) is 6.04 Å². The molecule has 1 rings (SSSR count). The van der Waals surface area contributed by atoms with Crippen molar-refractivity contribution in [2.24, 2.45) is 17.6 Å². The Morgan fingerprint density at radius 2 is 1.47 bits per heavy atom. The predicted octanol–water partition coefficient (Wildman–Crippen LogP) is 0.135. The molecule has 0 aliphatic carbocycles. The third-order valence-electron chi connectivity index (χ3n) is 4.78. The van der Waals surface area contributed by atoms with Crippen LogP contribution >= 0.6 is 0 Å². The second-order valence-electron chi connectivity index (χ2n) is 8.50. The summed E-state index contributed by atoms with van der Waals surface area (Å²) < 4.78 is 0. The second-order valence-corrected chi connectivity index (χ2v) is 8.50. The van der Waals surface area contributed by atoms with E-state index in [0.29, 0.717) is 5.56 Å². The summed E-state index contributed by atoms with van der Waals surface area (Å²) in [5.41, 5.74) is 6.59. The Bertz CT molecular complexity index is 794. The van der Waals surface area contributed by atoms with Crippen LogP contribution in [0.2, 0.25) is 0 Å². The summed E-state index contributed by atoms with van der Waals surface area (Å²) in [7, 11) is 0. The van der Waals surface area contributed by atoms with Crippen molar-refractivity contribution in [3.05, 3.63) is 29.8 Å². The van der Waals surface area contributed by atoms with Crippen molar-refractivity contribution < 1.29 is 29.4 Å². The Morgan fingerprint density at radius 3 is 1.97 bits per heavy atom. The average molecular weight is 451 g/mol. The molecule has 0 radical (unpaired) electrons. The van der Waals surface area contributed by atoms with Gasteiger partial charge in [-0.1, -0.05) is 39.8 Å². The van der Waals surface area contributed by atoms with Crippen LogP contribution in [-0.4, -0.2) is 58.6 Å². The first-order valence-corrected chi connectivity index (χ1v) is 10.5. The highest BCUT2D eigenvalue weighted by Gasteiger charge is 2.29. The molecule has 0 spiro atoms. The zero-order valence-corrected chi connectivity index (χ0v) is 18.9. The molecule has 32 heavy (non-hydrogen) atoms. The van der Waals surface area contributed by atoms with Gasteiger partial charge in [0.2, 0.25) is 17.7 Å². The van der Waals surface area contributed by atoms with E-state index < -0.39 is 48.4 Å². The maximum Gasteiger partial charge on any atom is 0.322 e. The monoisotopic (exact) mass is 450 g/mol. The number of nitrogens with two attached hydrogens (primary N) is 1. The number of phenolic OH excluding ortho intramolecular Hbond substituents is 1. The van der Waals surface area contributed by atoms with Gasteiger partial charge >= 0.3 is 5.97 Å². The van der Waals surface area contributed by atoms with Crippen molar-refractivity contribution in [1.82, 2.24) is 16.0 Å². The summed E-state index contributed by atoms with van der Waals surface area (Å²) in [5.74, 6) is -2.98. The third-order valence-corrected chi connectivity index (χ3v) is 4.78. The van der Waals surface area contributed by atoms with Crippen LogP contribution in [0.5, 0.6) is 5.75 Å². The molecule has 7 N–H and O–H groups in total. The molecule has 0 aliphatic rings. The van der Waals surface area contributed by atoms with Gasteiger partial charge in [0.1, 0.15) is 24.4 Å². The minimum Gasteiger partial charge on any atom is -0.508 e. The van der Waals surface area contributed by atoms with Crippen molar-refractivity contribution in [2.75, 3.05) is 6.54 Å². The van der Waals surface area contributed by atoms with Crippen LogP contribution in [-0.2, 0) is 25.6 Å². The number of carbonyl (C=O) groups is 4. The normalized spacial score (nSPS) is 13.8. The number of aliphatic carboxylic acids is 1. The minimum atomic E-state index is -1.20. The van der Waals surface area contributed by atoms with Gasteiger partial charge in [-0.25, -0.2) is 0 Å². The highest BCUT2D eigenvalue weighted by atomic mass is 16.4. The van der Waals surface area contributed by atoms with E-state index in [1.807, 2.05) is 13.8 Å². The number of hydrogen-bond acceptors (Lipinski definition) is 6. The Balaban J connectivity index is 3.05. The topological polar surface area (TPSA) is 171 Å². The van der Waals surface area contributed by atoms with Crippen LogP contribution < -0.4 is 21.7 Å². The Labute approximate surface area is 187 Å². The van der Waals surface area contributed by atoms with Gasteiger partial charge in [-0.05, 0) is 36.0 Å². The number of carbonyl (C=O) groups excluding carboxylic acids is 3. The Hall–Kier alpha value is -3.14. The van der Waals surface area contributed by atoms with Gasteiger partial charge in [-0.3, -0.25) is 19.2 Å². The van der Waals surface area contributed by atoms with E-state index in [4.69, 9.17) is 10.8 Å². The van der Waals surface area contributed by atoms with Gasteiger partial charge in [-0.2, -0.15) is 0 Å². The highest BCUT2D eigenvalue weighted by molar-refractivity contribution is 5.93. The van der Waals surface area contributed by atoms with Crippen LogP contribution in [0.3, 0.4) is 0 Å². The number of aromatic hydroxyl groups is 1. The predicted molar refractivity (Wildman–Crippen MR) is 119 cm³/mol. The molecule has 10 nitrogen and oxygen atoms in total. The van der Waals surface area contributed by atoms with E-state index >= 15 is 0 Å². The lowest BCUT2D eigenvalue weighted by molar-refractivity contribution is -0.138. The average Bonchev–Trinajstić information content (AvgIpc) is 2.71. The molecular formula is C22H34N4O6. The molecule has 0 heterocycles. The summed E-state index contributed by atoms with van der Waals surface area (Å²) in [6.45, 7) is 6.72. The summed E-state index contributed by atoms with van der Waals surface area (Å²) in [6, 6.07) is 3.35. The maximum absolute atomic E-state index is 13.1. The third kappa shape index (κ3) is 9.34. The van der Waals surface area contributed by atoms with Crippen LogP contribution in [0.4, 0.5) is 0 Å². The lowest BCUT2D eigenvalue weighted by Crippen LogP contribution is -2.57. The summed E-state index contributed by atoms with van der Waals surface area (Å²) in [5, 5.41) is 25.8. The van der Waals surface area contributed by atoms with E-state index in [2.05, 4.69) is 16.0 Å². The van der Waals surface area contributed by atoms with Gasteiger partial charge in [0.25, 0.3) is 0 Å².